The number of amides is 1. The van der Waals surface area contributed by atoms with Crippen LogP contribution in [0.25, 0.3) is 0 Å². The molecule has 1 amide bonds. The zero-order valence-electron chi connectivity index (χ0n) is 18.0. The Labute approximate surface area is 174 Å². The van der Waals surface area contributed by atoms with E-state index in [0.717, 1.165) is 58.3 Å². The SMILES string of the molecule is COc1cccc(OC2CCC(NC(=O)CN3CCCN(C)CC3)CC2)c1OC. The first-order valence-corrected chi connectivity index (χ1v) is 10.7. The van der Waals surface area contributed by atoms with E-state index in [1.165, 1.54) is 0 Å². The first-order valence-electron chi connectivity index (χ1n) is 10.7. The van der Waals surface area contributed by atoms with Crippen LogP contribution in [0.1, 0.15) is 32.1 Å². The standard InChI is InChI=1S/C22H35N3O4/c1-24-12-5-13-25(15-14-24)16-21(26)23-17-8-10-18(11-9-17)29-20-7-4-6-19(27-2)22(20)28-3/h4,6-7,17-18H,5,8-16H2,1-3H3,(H,23,26). The second kappa shape index (κ2) is 10.7. The van der Waals surface area contributed by atoms with E-state index in [-0.39, 0.29) is 18.1 Å². The molecule has 162 valence electrons. The normalized spacial score (nSPS) is 23.8. The van der Waals surface area contributed by atoms with Crippen LogP contribution < -0.4 is 19.5 Å². The lowest BCUT2D eigenvalue weighted by atomic mass is 9.93. The van der Waals surface area contributed by atoms with Crippen LogP contribution in [-0.4, -0.2) is 81.8 Å². The molecule has 1 aromatic carbocycles. The number of likely N-dealkylation sites (N-methyl/N-ethyl adjacent to an activating group) is 1. The molecule has 0 unspecified atom stereocenters. The van der Waals surface area contributed by atoms with E-state index in [4.69, 9.17) is 14.2 Å². The van der Waals surface area contributed by atoms with Crippen molar-refractivity contribution in [2.24, 2.45) is 0 Å². The third-order valence-electron chi connectivity index (χ3n) is 5.88. The molecule has 1 aromatic rings. The van der Waals surface area contributed by atoms with E-state index in [1.807, 2.05) is 18.2 Å². The van der Waals surface area contributed by atoms with Crippen LogP contribution in [0.5, 0.6) is 17.2 Å². The van der Waals surface area contributed by atoms with Gasteiger partial charge in [0.1, 0.15) is 0 Å². The summed E-state index contributed by atoms with van der Waals surface area (Å²) in [7, 11) is 5.39. The molecule has 1 aliphatic carbocycles. The highest BCUT2D eigenvalue weighted by Gasteiger charge is 2.25. The first-order chi connectivity index (χ1) is 14.1. The number of nitrogens with zero attached hydrogens (tertiary/aromatic N) is 2. The van der Waals surface area contributed by atoms with Crippen molar-refractivity contribution in [1.29, 1.82) is 0 Å². The highest BCUT2D eigenvalue weighted by atomic mass is 16.5. The molecule has 2 fully saturated rings. The fourth-order valence-corrected chi connectivity index (χ4v) is 4.19. The number of nitrogens with one attached hydrogen (secondary N) is 1. The molecule has 1 aliphatic heterocycles. The van der Waals surface area contributed by atoms with Crippen LogP contribution in [0, 0.1) is 0 Å². The zero-order valence-corrected chi connectivity index (χ0v) is 18.0. The number of para-hydroxylation sites is 1. The van der Waals surface area contributed by atoms with Crippen molar-refractivity contribution in [1.82, 2.24) is 15.1 Å². The number of benzene rings is 1. The molecule has 1 saturated carbocycles. The molecule has 7 heteroatoms. The molecular weight excluding hydrogens is 370 g/mol. The molecule has 1 N–H and O–H groups in total. The van der Waals surface area contributed by atoms with Crippen molar-refractivity contribution in [2.45, 2.75) is 44.2 Å². The monoisotopic (exact) mass is 405 g/mol. The smallest absolute Gasteiger partial charge is 0.234 e. The van der Waals surface area contributed by atoms with Gasteiger partial charge in [-0.1, -0.05) is 6.07 Å². The number of hydrogen-bond donors (Lipinski definition) is 1. The molecule has 0 radical (unpaired) electrons. The van der Waals surface area contributed by atoms with Gasteiger partial charge in [-0.15, -0.1) is 0 Å². The Hall–Kier alpha value is -1.99. The Morgan fingerprint density at radius 2 is 1.79 bits per heavy atom. The molecular formula is C22H35N3O4. The van der Waals surface area contributed by atoms with Gasteiger partial charge in [0.25, 0.3) is 0 Å². The predicted octanol–water partition coefficient (Wildman–Crippen LogP) is 2.15. The zero-order chi connectivity index (χ0) is 20.6. The summed E-state index contributed by atoms with van der Waals surface area (Å²) in [6.07, 6.45) is 4.96. The van der Waals surface area contributed by atoms with Gasteiger partial charge in [-0.05, 0) is 64.4 Å². The molecule has 0 aromatic heterocycles. The van der Waals surface area contributed by atoms with Crippen molar-refractivity contribution in [3.63, 3.8) is 0 Å². The average molecular weight is 406 g/mol. The Morgan fingerprint density at radius 1 is 1.03 bits per heavy atom. The van der Waals surface area contributed by atoms with Crippen molar-refractivity contribution in [3.8, 4) is 17.2 Å². The summed E-state index contributed by atoms with van der Waals surface area (Å²) in [6.45, 7) is 4.61. The second-order valence-electron chi connectivity index (χ2n) is 8.08. The van der Waals surface area contributed by atoms with Crippen molar-refractivity contribution < 1.29 is 19.0 Å². The summed E-state index contributed by atoms with van der Waals surface area (Å²) >= 11 is 0. The minimum absolute atomic E-state index is 0.130. The van der Waals surface area contributed by atoms with Crippen molar-refractivity contribution >= 4 is 5.91 Å². The van der Waals surface area contributed by atoms with Gasteiger partial charge >= 0.3 is 0 Å². The average Bonchev–Trinajstić information content (AvgIpc) is 2.93. The quantitative estimate of drug-likeness (QED) is 0.750. The lowest BCUT2D eigenvalue weighted by Gasteiger charge is -2.30. The number of carbonyl (C=O) groups is 1. The highest BCUT2D eigenvalue weighted by molar-refractivity contribution is 5.78. The molecule has 0 bridgehead atoms. The summed E-state index contributed by atoms with van der Waals surface area (Å²) in [5.41, 5.74) is 0. The maximum absolute atomic E-state index is 12.5. The number of methoxy groups -OCH3 is 2. The summed E-state index contributed by atoms with van der Waals surface area (Å²) < 4.78 is 17.0. The summed E-state index contributed by atoms with van der Waals surface area (Å²) in [5.74, 6) is 2.16. The second-order valence-corrected chi connectivity index (χ2v) is 8.08. The number of hydrogen-bond acceptors (Lipinski definition) is 6. The van der Waals surface area contributed by atoms with E-state index in [9.17, 15) is 4.79 Å². The lowest BCUT2D eigenvalue weighted by molar-refractivity contribution is -0.123. The van der Waals surface area contributed by atoms with Gasteiger partial charge in [-0.25, -0.2) is 0 Å². The summed E-state index contributed by atoms with van der Waals surface area (Å²) in [4.78, 5) is 17.1. The molecule has 29 heavy (non-hydrogen) atoms. The Bertz CT molecular complexity index is 661. The predicted molar refractivity (Wildman–Crippen MR) is 113 cm³/mol. The van der Waals surface area contributed by atoms with Crippen molar-refractivity contribution in [2.75, 3.05) is 54.0 Å². The van der Waals surface area contributed by atoms with Gasteiger partial charge in [0.2, 0.25) is 11.7 Å². The van der Waals surface area contributed by atoms with Crippen LogP contribution in [-0.2, 0) is 4.79 Å². The van der Waals surface area contributed by atoms with Crippen LogP contribution in [0.15, 0.2) is 18.2 Å². The van der Waals surface area contributed by atoms with Gasteiger partial charge in [0, 0.05) is 19.1 Å². The maximum atomic E-state index is 12.5. The first kappa shape index (κ1) is 21.7. The van der Waals surface area contributed by atoms with Crippen LogP contribution in [0.3, 0.4) is 0 Å². The molecule has 0 spiro atoms. The summed E-state index contributed by atoms with van der Waals surface area (Å²) in [5, 5.41) is 3.23. The molecule has 2 aliphatic rings. The molecule has 3 rings (SSSR count). The third-order valence-corrected chi connectivity index (χ3v) is 5.88. The Balaban J connectivity index is 1.43. The fraction of sp³-hybridized carbons (Fsp3) is 0.682. The van der Waals surface area contributed by atoms with Gasteiger partial charge in [0.15, 0.2) is 11.5 Å². The van der Waals surface area contributed by atoms with E-state index < -0.39 is 0 Å². The molecule has 0 atom stereocenters. The van der Waals surface area contributed by atoms with Crippen LogP contribution >= 0.6 is 0 Å². The van der Waals surface area contributed by atoms with E-state index in [1.54, 1.807) is 14.2 Å². The van der Waals surface area contributed by atoms with E-state index >= 15 is 0 Å². The minimum atomic E-state index is 0.130. The highest BCUT2D eigenvalue weighted by Crippen LogP contribution is 2.38. The molecule has 7 nitrogen and oxygen atoms in total. The van der Waals surface area contributed by atoms with Crippen LogP contribution in [0.2, 0.25) is 0 Å². The molecule has 1 heterocycles. The topological polar surface area (TPSA) is 63.3 Å². The van der Waals surface area contributed by atoms with Crippen LogP contribution in [0.4, 0.5) is 0 Å². The molecule has 1 saturated heterocycles. The number of rotatable bonds is 7. The Kier molecular flexibility index (Phi) is 8.00. The number of carbonyl (C=O) groups excluding carboxylic acids is 1. The van der Waals surface area contributed by atoms with Gasteiger partial charge in [0.05, 0.1) is 26.9 Å². The summed E-state index contributed by atoms with van der Waals surface area (Å²) in [6, 6.07) is 5.92. The largest absolute Gasteiger partial charge is 0.493 e. The Morgan fingerprint density at radius 3 is 2.52 bits per heavy atom. The van der Waals surface area contributed by atoms with E-state index in [2.05, 4.69) is 22.2 Å². The van der Waals surface area contributed by atoms with Gasteiger partial charge in [-0.3, -0.25) is 9.69 Å². The number of ether oxygens (including phenoxy) is 3. The maximum Gasteiger partial charge on any atom is 0.234 e. The van der Waals surface area contributed by atoms with Crippen molar-refractivity contribution in [3.05, 3.63) is 18.2 Å². The van der Waals surface area contributed by atoms with Gasteiger partial charge in [-0.2, -0.15) is 0 Å². The van der Waals surface area contributed by atoms with E-state index in [0.29, 0.717) is 23.8 Å². The van der Waals surface area contributed by atoms with Gasteiger partial charge < -0.3 is 24.4 Å². The fourth-order valence-electron chi connectivity index (χ4n) is 4.19. The lowest BCUT2D eigenvalue weighted by Crippen LogP contribution is -2.45. The minimum Gasteiger partial charge on any atom is -0.493 e. The third kappa shape index (κ3) is 6.24.